The summed E-state index contributed by atoms with van der Waals surface area (Å²) in [5, 5.41) is 6.64. The second-order valence-corrected chi connectivity index (χ2v) is 5.66. The van der Waals surface area contributed by atoms with E-state index in [1.165, 1.54) is 5.56 Å². The molecule has 0 atom stereocenters. The second kappa shape index (κ2) is 7.39. The molecule has 1 fully saturated rings. The summed E-state index contributed by atoms with van der Waals surface area (Å²) in [6.07, 6.45) is 0. The number of aryl methyl sites for hydroxylation is 1. The van der Waals surface area contributed by atoms with Crippen molar-refractivity contribution in [1.29, 1.82) is 0 Å². The Hall–Kier alpha value is -2.18. The van der Waals surface area contributed by atoms with Crippen LogP contribution >= 0.6 is 0 Å². The van der Waals surface area contributed by atoms with E-state index in [-0.39, 0.29) is 5.91 Å². The summed E-state index contributed by atoms with van der Waals surface area (Å²) in [6.45, 7) is 6.57. The third-order valence-corrected chi connectivity index (χ3v) is 3.92. The number of rotatable bonds is 5. The quantitative estimate of drug-likeness (QED) is 0.910. The lowest BCUT2D eigenvalue weighted by Crippen LogP contribution is -2.36. The number of carbonyl (C=O) groups is 1. The Morgan fingerprint density at radius 2 is 2.00 bits per heavy atom. The van der Waals surface area contributed by atoms with E-state index in [9.17, 15) is 4.79 Å². The number of benzene rings is 1. The van der Waals surface area contributed by atoms with Gasteiger partial charge in [0.1, 0.15) is 5.76 Å². The molecule has 1 saturated heterocycles. The average Bonchev–Trinajstić information content (AvgIpc) is 3.01. The Kier molecular flexibility index (Phi) is 5.05. The summed E-state index contributed by atoms with van der Waals surface area (Å²) < 4.78 is 10.3. The fourth-order valence-electron chi connectivity index (χ4n) is 2.62. The molecule has 2 heterocycles. The molecule has 0 radical (unpaired) electrons. The van der Waals surface area contributed by atoms with Gasteiger partial charge >= 0.3 is 0 Å². The number of hydrogen-bond acceptors (Lipinski definition) is 5. The van der Waals surface area contributed by atoms with Gasteiger partial charge in [0, 0.05) is 32.2 Å². The molecule has 23 heavy (non-hydrogen) atoms. The summed E-state index contributed by atoms with van der Waals surface area (Å²) in [4.78, 5) is 14.4. The molecule has 1 N–H and O–H groups in total. The first kappa shape index (κ1) is 15.7. The molecule has 6 heteroatoms. The van der Waals surface area contributed by atoms with Crippen LogP contribution in [0.2, 0.25) is 0 Å². The molecule has 1 aliphatic heterocycles. The number of ether oxygens (including phenoxy) is 1. The molecule has 0 unspecified atom stereocenters. The van der Waals surface area contributed by atoms with Gasteiger partial charge in [0.25, 0.3) is 5.91 Å². The highest BCUT2D eigenvalue weighted by atomic mass is 16.5. The minimum Gasteiger partial charge on any atom is -0.379 e. The number of aromatic nitrogens is 1. The van der Waals surface area contributed by atoms with E-state index in [0.717, 1.165) is 38.4 Å². The van der Waals surface area contributed by atoms with Crippen LogP contribution in [0.1, 0.15) is 27.4 Å². The minimum atomic E-state index is -0.219. The molecule has 1 amide bonds. The first-order chi connectivity index (χ1) is 11.2. The Labute approximate surface area is 135 Å². The third-order valence-electron chi connectivity index (χ3n) is 3.92. The van der Waals surface area contributed by atoms with Gasteiger partial charge in [0.2, 0.25) is 0 Å². The first-order valence-corrected chi connectivity index (χ1v) is 7.81. The molecule has 1 aromatic heterocycles. The Balaban J connectivity index is 1.62. The Morgan fingerprint density at radius 3 is 2.70 bits per heavy atom. The van der Waals surface area contributed by atoms with E-state index in [1.54, 1.807) is 13.0 Å². The predicted molar refractivity (Wildman–Crippen MR) is 84.9 cm³/mol. The summed E-state index contributed by atoms with van der Waals surface area (Å²) >= 11 is 0. The largest absolute Gasteiger partial charge is 0.379 e. The van der Waals surface area contributed by atoms with Crippen molar-refractivity contribution in [3.63, 3.8) is 0 Å². The molecule has 6 nitrogen and oxygen atoms in total. The van der Waals surface area contributed by atoms with Gasteiger partial charge in [-0.05, 0) is 18.1 Å². The number of amides is 1. The number of nitrogens with one attached hydrogen (secondary N) is 1. The van der Waals surface area contributed by atoms with Crippen molar-refractivity contribution in [3.05, 3.63) is 52.9 Å². The van der Waals surface area contributed by atoms with Crippen molar-refractivity contribution in [2.45, 2.75) is 20.0 Å². The monoisotopic (exact) mass is 315 g/mol. The van der Waals surface area contributed by atoms with E-state index in [2.05, 4.69) is 21.4 Å². The molecule has 0 saturated carbocycles. The third kappa shape index (κ3) is 4.18. The van der Waals surface area contributed by atoms with Crippen molar-refractivity contribution in [1.82, 2.24) is 15.4 Å². The van der Waals surface area contributed by atoms with E-state index in [0.29, 0.717) is 18.0 Å². The van der Waals surface area contributed by atoms with Crippen LogP contribution in [0.4, 0.5) is 0 Å². The van der Waals surface area contributed by atoms with Gasteiger partial charge in [0.15, 0.2) is 5.69 Å². The van der Waals surface area contributed by atoms with Gasteiger partial charge < -0.3 is 14.6 Å². The van der Waals surface area contributed by atoms with Crippen molar-refractivity contribution in [3.8, 4) is 0 Å². The molecule has 0 bridgehead atoms. The molecule has 0 spiro atoms. The van der Waals surface area contributed by atoms with Gasteiger partial charge in [-0.2, -0.15) is 0 Å². The van der Waals surface area contributed by atoms with Crippen LogP contribution in [0.5, 0.6) is 0 Å². The van der Waals surface area contributed by atoms with E-state index in [4.69, 9.17) is 9.26 Å². The van der Waals surface area contributed by atoms with Crippen LogP contribution in [-0.4, -0.2) is 42.3 Å². The molecule has 1 aliphatic rings. The molecule has 0 aliphatic carbocycles. The molecule has 122 valence electrons. The zero-order valence-electron chi connectivity index (χ0n) is 13.2. The minimum absolute atomic E-state index is 0.219. The van der Waals surface area contributed by atoms with E-state index >= 15 is 0 Å². The molecular formula is C17H21N3O3. The van der Waals surface area contributed by atoms with Crippen molar-refractivity contribution in [2.75, 3.05) is 26.3 Å². The zero-order chi connectivity index (χ0) is 16.1. The Bertz CT molecular complexity index is 663. The normalized spacial score (nSPS) is 15.5. The summed E-state index contributed by atoms with van der Waals surface area (Å²) in [6, 6.07) is 9.81. The lowest BCUT2D eigenvalue weighted by atomic mass is 10.1. The summed E-state index contributed by atoms with van der Waals surface area (Å²) in [5.74, 6) is 0.408. The van der Waals surface area contributed by atoms with Crippen LogP contribution in [0, 0.1) is 6.92 Å². The van der Waals surface area contributed by atoms with Crippen molar-refractivity contribution >= 4 is 5.91 Å². The van der Waals surface area contributed by atoms with E-state index in [1.807, 2.05) is 18.2 Å². The lowest BCUT2D eigenvalue weighted by molar-refractivity contribution is 0.0340. The fourth-order valence-corrected chi connectivity index (χ4v) is 2.62. The van der Waals surface area contributed by atoms with E-state index < -0.39 is 0 Å². The fraction of sp³-hybridized carbons (Fsp3) is 0.412. The highest BCUT2D eigenvalue weighted by Gasteiger charge is 2.14. The van der Waals surface area contributed by atoms with Gasteiger partial charge in [0.05, 0.1) is 13.2 Å². The lowest BCUT2D eigenvalue weighted by Gasteiger charge is -2.27. The average molecular weight is 315 g/mol. The number of nitrogens with zero attached hydrogens (tertiary/aromatic N) is 2. The van der Waals surface area contributed by atoms with Crippen LogP contribution in [-0.2, 0) is 17.8 Å². The molecular weight excluding hydrogens is 294 g/mol. The number of hydrogen-bond donors (Lipinski definition) is 1. The maximum atomic E-state index is 12.1. The maximum Gasteiger partial charge on any atom is 0.273 e. The number of morpholine rings is 1. The van der Waals surface area contributed by atoms with Gasteiger partial charge in [-0.1, -0.05) is 29.4 Å². The first-order valence-electron chi connectivity index (χ1n) is 7.81. The van der Waals surface area contributed by atoms with Crippen molar-refractivity contribution < 1.29 is 14.1 Å². The standard InChI is InChI=1S/C17H21N3O3/c1-13-10-16(19-23-13)17(21)18-11-14-4-2-3-5-15(14)12-20-6-8-22-9-7-20/h2-5,10H,6-9,11-12H2,1H3,(H,18,21). The maximum absolute atomic E-state index is 12.1. The molecule has 3 rings (SSSR count). The molecule has 2 aromatic rings. The smallest absolute Gasteiger partial charge is 0.273 e. The second-order valence-electron chi connectivity index (χ2n) is 5.66. The predicted octanol–water partition coefficient (Wildman–Crippen LogP) is 1.75. The highest BCUT2D eigenvalue weighted by molar-refractivity contribution is 5.92. The van der Waals surface area contributed by atoms with Crippen LogP contribution in [0.15, 0.2) is 34.9 Å². The van der Waals surface area contributed by atoms with Crippen LogP contribution in [0.25, 0.3) is 0 Å². The van der Waals surface area contributed by atoms with Crippen LogP contribution in [0.3, 0.4) is 0 Å². The SMILES string of the molecule is Cc1cc(C(=O)NCc2ccccc2CN2CCOCC2)no1. The topological polar surface area (TPSA) is 67.6 Å². The Morgan fingerprint density at radius 1 is 1.26 bits per heavy atom. The van der Waals surface area contributed by atoms with Crippen molar-refractivity contribution in [2.24, 2.45) is 0 Å². The molecule has 1 aromatic carbocycles. The number of carbonyl (C=O) groups excluding carboxylic acids is 1. The van der Waals surface area contributed by atoms with Gasteiger partial charge in [-0.15, -0.1) is 0 Å². The highest BCUT2D eigenvalue weighted by Crippen LogP contribution is 2.13. The van der Waals surface area contributed by atoms with Gasteiger partial charge in [-0.25, -0.2) is 0 Å². The summed E-state index contributed by atoms with van der Waals surface area (Å²) in [5.41, 5.74) is 2.66. The summed E-state index contributed by atoms with van der Waals surface area (Å²) in [7, 11) is 0. The zero-order valence-corrected chi connectivity index (χ0v) is 13.2. The van der Waals surface area contributed by atoms with Crippen LogP contribution < -0.4 is 5.32 Å². The van der Waals surface area contributed by atoms with Gasteiger partial charge in [-0.3, -0.25) is 9.69 Å².